The van der Waals surface area contributed by atoms with Gasteiger partial charge in [-0.05, 0) is 0 Å². The molecular formula is C9H15N3O3. The molecule has 6 heteroatoms. The van der Waals surface area contributed by atoms with Crippen LogP contribution in [0.4, 0.5) is 0 Å². The van der Waals surface area contributed by atoms with Gasteiger partial charge in [0.15, 0.2) is 0 Å². The summed E-state index contributed by atoms with van der Waals surface area (Å²) < 4.78 is 6.30. The second-order valence-electron chi connectivity index (χ2n) is 3.05. The first-order chi connectivity index (χ1) is 7.24. The van der Waals surface area contributed by atoms with E-state index < -0.39 is 0 Å². The van der Waals surface area contributed by atoms with Crippen LogP contribution in [0.15, 0.2) is 21.9 Å². The number of rotatable bonds is 6. The molecule has 0 radical (unpaired) electrons. The van der Waals surface area contributed by atoms with Crippen LogP contribution < -0.4 is 16.6 Å². The minimum atomic E-state index is -0.379. The Morgan fingerprint density at radius 2 is 2.27 bits per heavy atom. The van der Waals surface area contributed by atoms with E-state index in [1.807, 2.05) is 0 Å². The third-order valence-electron chi connectivity index (χ3n) is 1.91. The Morgan fingerprint density at radius 3 is 2.93 bits per heavy atom. The zero-order valence-corrected chi connectivity index (χ0v) is 8.66. The number of hydrogen-bond donors (Lipinski definition) is 2. The number of aromatic amines is 1. The van der Waals surface area contributed by atoms with Crippen molar-refractivity contribution in [3.8, 4) is 0 Å². The van der Waals surface area contributed by atoms with Crippen LogP contribution in [-0.2, 0) is 11.3 Å². The van der Waals surface area contributed by atoms with E-state index in [1.165, 1.54) is 16.8 Å². The number of aromatic nitrogens is 2. The quantitative estimate of drug-likeness (QED) is 0.580. The first-order valence-corrected chi connectivity index (χ1v) is 4.73. The van der Waals surface area contributed by atoms with E-state index in [0.717, 1.165) is 6.54 Å². The highest BCUT2D eigenvalue weighted by molar-refractivity contribution is 4.82. The number of nitrogens with zero attached hydrogens (tertiary/aromatic N) is 1. The van der Waals surface area contributed by atoms with E-state index in [9.17, 15) is 9.59 Å². The van der Waals surface area contributed by atoms with E-state index in [1.54, 1.807) is 7.11 Å². The Morgan fingerprint density at radius 1 is 1.47 bits per heavy atom. The van der Waals surface area contributed by atoms with Crippen molar-refractivity contribution in [3.05, 3.63) is 33.1 Å². The van der Waals surface area contributed by atoms with E-state index >= 15 is 0 Å². The molecule has 0 fully saturated rings. The molecule has 0 saturated carbocycles. The van der Waals surface area contributed by atoms with Crippen molar-refractivity contribution >= 4 is 0 Å². The largest absolute Gasteiger partial charge is 0.383 e. The highest BCUT2D eigenvalue weighted by Gasteiger charge is 1.95. The number of methoxy groups -OCH3 is 1. The Balaban J connectivity index is 2.38. The first-order valence-electron chi connectivity index (χ1n) is 4.73. The zero-order chi connectivity index (χ0) is 11.1. The van der Waals surface area contributed by atoms with Crippen LogP contribution in [0.1, 0.15) is 0 Å². The molecule has 15 heavy (non-hydrogen) atoms. The zero-order valence-electron chi connectivity index (χ0n) is 8.66. The fraction of sp³-hybridized carbons (Fsp3) is 0.556. The van der Waals surface area contributed by atoms with Gasteiger partial charge in [0, 0.05) is 39.0 Å². The van der Waals surface area contributed by atoms with Crippen LogP contribution in [0.3, 0.4) is 0 Å². The first kappa shape index (κ1) is 11.7. The topological polar surface area (TPSA) is 76.1 Å². The van der Waals surface area contributed by atoms with Gasteiger partial charge in [-0.3, -0.25) is 14.3 Å². The molecule has 6 nitrogen and oxygen atoms in total. The molecule has 1 aromatic rings. The molecule has 0 aliphatic heterocycles. The molecular weight excluding hydrogens is 198 g/mol. The van der Waals surface area contributed by atoms with Crippen LogP contribution >= 0.6 is 0 Å². The molecule has 0 unspecified atom stereocenters. The van der Waals surface area contributed by atoms with Crippen LogP contribution in [0, 0.1) is 0 Å². The van der Waals surface area contributed by atoms with Crippen molar-refractivity contribution in [1.29, 1.82) is 0 Å². The molecule has 0 saturated heterocycles. The minimum Gasteiger partial charge on any atom is -0.383 e. The summed E-state index contributed by atoms with van der Waals surface area (Å²) >= 11 is 0. The van der Waals surface area contributed by atoms with Gasteiger partial charge >= 0.3 is 5.69 Å². The molecule has 0 spiro atoms. The lowest BCUT2D eigenvalue weighted by atomic mass is 10.5. The summed E-state index contributed by atoms with van der Waals surface area (Å²) in [6, 6.07) is 1.33. The van der Waals surface area contributed by atoms with Gasteiger partial charge in [-0.15, -0.1) is 0 Å². The van der Waals surface area contributed by atoms with E-state index in [0.29, 0.717) is 19.7 Å². The van der Waals surface area contributed by atoms with Crippen LogP contribution in [0.2, 0.25) is 0 Å². The van der Waals surface area contributed by atoms with Crippen molar-refractivity contribution in [3.63, 3.8) is 0 Å². The monoisotopic (exact) mass is 213 g/mol. The molecule has 0 aliphatic rings. The summed E-state index contributed by atoms with van der Waals surface area (Å²) in [6.45, 7) is 2.57. The summed E-state index contributed by atoms with van der Waals surface area (Å²) in [5.74, 6) is 0. The Labute approximate surface area is 86.9 Å². The SMILES string of the molecule is COCCNCCn1ccc(=O)[nH]c1=O. The van der Waals surface area contributed by atoms with Crippen LogP contribution in [0.25, 0.3) is 0 Å². The molecule has 84 valence electrons. The third kappa shape index (κ3) is 4.09. The lowest BCUT2D eigenvalue weighted by Crippen LogP contribution is -2.32. The molecule has 0 aromatic carbocycles. The molecule has 0 bridgehead atoms. The predicted octanol–water partition coefficient (Wildman–Crippen LogP) is -1.23. The minimum absolute atomic E-state index is 0.372. The smallest absolute Gasteiger partial charge is 0.328 e. The van der Waals surface area contributed by atoms with Crippen molar-refractivity contribution < 1.29 is 4.74 Å². The van der Waals surface area contributed by atoms with E-state index in [4.69, 9.17) is 4.74 Å². The summed E-state index contributed by atoms with van der Waals surface area (Å²) in [5, 5.41) is 3.10. The van der Waals surface area contributed by atoms with E-state index in [-0.39, 0.29) is 11.2 Å². The van der Waals surface area contributed by atoms with Crippen molar-refractivity contribution in [1.82, 2.24) is 14.9 Å². The summed E-state index contributed by atoms with van der Waals surface area (Å²) in [5.41, 5.74) is -0.750. The van der Waals surface area contributed by atoms with Gasteiger partial charge in [-0.2, -0.15) is 0 Å². The Hall–Kier alpha value is -1.40. The molecule has 1 heterocycles. The fourth-order valence-corrected chi connectivity index (χ4v) is 1.12. The average molecular weight is 213 g/mol. The summed E-state index contributed by atoms with van der Waals surface area (Å²) in [6.07, 6.45) is 1.49. The molecule has 1 rings (SSSR count). The van der Waals surface area contributed by atoms with Crippen molar-refractivity contribution in [2.45, 2.75) is 6.54 Å². The van der Waals surface area contributed by atoms with Gasteiger partial charge in [0.1, 0.15) is 0 Å². The predicted molar refractivity (Wildman–Crippen MR) is 56.1 cm³/mol. The van der Waals surface area contributed by atoms with Gasteiger partial charge in [0.05, 0.1) is 6.61 Å². The Kier molecular flexibility index (Phi) is 4.79. The number of hydrogen-bond acceptors (Lipinski definition) is 4. The Bertz CT molecular complexity index is 396. The van der Waals surface area contributed by atoms with Crippen LogP contribution in [0.5, 0.6) is 0 Å². The van der Waals surface area contributed by atoms with Gasteiger partial charge in [-0.25, -0.2) is 4.79 Å². The summed E-state index contributed by atoms with van der Waals surface area (Å²) in [4.78, 5) is 24.2. The number of nitrogens with one attached hydrogen (secondary N) is 2. The number of ether oxygens (including phenoxy) is 1. The molecule has 0 amide bonds. The van der Waals surface area contributed by atoms with Gasteiger partial charge in [0.25, 0.3) is 5.56 Å². The van der Waals surface area contributed by atoms with Crippen LogP contribution in [-0.4, -0.2) is 36.4 Å². The average Bonchev–Trinajstić information content (AvgIpc) is 2.20. The molecule has 2 N–H and O–H groups in total. The second-order valence-corrected chi connectivity index (χ2v) is 3.05. The highest BCUT2D eigenvalue weighted by atomic mass is 16.5. The standard InChI is InChI=1S/C9H15N3O3/c1-15-7-4-10-3-6-12-5-2-8(13)11-9(12)14/h2,5,10H,3-4,6-7H2,1H3,(H,11,13,14). The van der Waals surface area contributed by atoms with Gasteiger partial charge in [0.2, 0.25) is 0 Å². The van der Waals surface area contributed by atoms with Crippen molar-refractivity contribution in [2.24, 2.45) is 0 Å². The fourth-order valence-electron chi connectivity index (χ4n) is 1.12. The normalized spacial score (nSPS) is 10.5. The second kappa shape index (κ2) is 6.15. The van der Waals surface area contributed by atoms with Gasteiger partial charge in [-0.1, -0.05) is 0 Å². The number of H-pyrrole nitrogens is 1. The van der Waals surface area contributed by atoms with Gasteiger partial charge < -0.3 is 10.1 Å². The lowest BCUT2D eigenvalue weighted by Gasteiger charge is -2.05. The molecule has 0 atom stereocenters. The highest BCUT2D eigenvalue weighted by Crippen LogP contribution is 1.75. The van der Waals surface area contributed by atoms with E-state index in [2.05, 4.69) is 10.3 Å². The molecule has 1 aromatic heterocycles. The maximum absolute atomic E-state index is 11.2. The maximum atomic E-state index is 11.2. The molecule has 0 aliphatic carbocycles. The summed E-state index contributed by atoms with van der Waals surface area (Å²) in [7, 11) is 1.63. The lowest BCUT2D eigenvalue weighted by molar-refractivity contribution is 0.199. The third-order valence-corrected chi connectivity index (χ3v) is 1.91. The van der Waals surface area contributed by atoms with Crippen molar-refractivity contribution in [2.75, 3.05) is 26.8 Å². The maximum Gasteiger partial charge on any atom is 0.328 e.